The highest BCUT2D eigenvalue weighted by molar-refractivity contribution is 5.96. The molecule has 43 heavy (non-hydrogen) atoms. The second kappa shape index (κ2) is 16.8. The quantitative estimate of drug-likeness (QED) is 0.103. The molecule has 9 N–H and O–H groups in total. The minimum Gasteiger partial charge on any atom is -0.481 e. The van der Waals surface area contributed by atoms with Gasteiger partial charge < -0.3 is 42.3 Å². The van der Waals surface area contributed by atoms with Crippen LogP contribution < -0.4 is 27.0 Å². The first-order valence-corrected chi connectivity index (χ1v) is 13.0. The zero-order chi connectivity index (χ0) is 31.9. The number of aliphatic carboxylic acids is 3. The van der Waals surface area contributed by atoms with E-state index < -0.39 is 85.1 Å². The summed E-state index contributed by atoms with van der Waals surface area (Å²) in [5, 5.41) is 36.6. The van der Waals surface area contributed by atoms with Crippen molar-refractivity contribution in [2.45, 2.75) is 49.9 Å². The van der Waals surface area contributed by atoms with Crippen molar-refractivity contribution in [3.05, 3.63) is 71.8 Å². The van der Waals surface area contributed by atoms with Crippen LogP contribution in [0.15, 0.2) is 60.7 Å². The van der Waals surface area contributed by atoms with Crippen molar-refractivity contribution < 1.29 is 48.9 Å². The van der Waals surface area contributed by atoms with Crippen molar-refractivity contribution >= 4 is 41.5 Å². The summed E-state index contributed by atoms with van der Waals surface area (Å²) in [6, 6.07) is 11.2. The van der Waals surface area contributed by atoms with E-state index in [4.69, 9.17) is 5.73 Å². The van der Waals surface area contributed by atoms with Crippen LogP contribution in [-0.2, 0) is 46.4 Å². The van der Waals surface area contributed by atoms with Crippen molar-refractivity contribution in [3.63, 3.8) is 0 Å². The second-order valence-corrected chi connectivity index (χ2v) is 9.48. The summed E-state index contributed by atoms with van der Waals surface area (Å²) in [5.74, 6) is -8.28. The Kier molecular flexibility index (Phi) is 13.3. The van der Waals surface area contributed by atoms with Crippen LogP contribution in [0.5, 0.6) is 0 Å². The Bertz CT molecular complexity index is 1310. The third kappa shape index (κ3) is 12.4. The van der Waals surface area contributed by atoms with Crippen molar-refractivity contribution in [1.29, 1.82) is 0 Å². The van der Waals surface area contributed by atoms with E-state index in [1.54, 1.807) is 60.7 Å². The number of carboxylic acids is 3. The Morgan fingerprint density at radius 3 is 1.56 bits per heavy atom. The summed E-state index contributed by atoms with van der Waals surface area (Å²) >= 11 is 0. The normalized spacial score (nSPS) is 13.3. The third-order valence-corrected chi connectivity index (χ3v) is 6.00. The van der Waals surface area contributed by atoms with Crippen molar-refractivity contribution in [2.75, 3.05) is 6.54 Å². The maximum atomic E-state index is 12.7. The number of rotatable bonds is 17. The molecule has 0 spiro atoms. The first kappa shape index (κ1) is 33.9. The molecule has 0 heterocycles. The fourth-order valence-corrected chi connectivity index (χ4v) is 3.87. The summed E-state index contributed by atoms with van der Waals surface area (Å²) in [6.07, 6.45) is -1.74. The van der Waals surface area contributed by atoms with Crippen LogP contribution in [0.3, 0.4) is 0 Å². The van der Waals surface area contributed by atoms with Gasteiger partial charge in [-0.15, -0.1) is 0 Å². The van der Waals surface area contributed by atoms with Crippen LogP contribution >= 0.6 is 0 Å². The Balaban J connectivity index is 1.99. The minimum atomic E-state index is -1.70. The number of carbonyl (C=O) groups is 7. The lowest BCUT2D eigenvalue weighted by Gasteiger charge is -2.21. The lowest BCUT2D eigenvalue weighted by Crippen LogP contribution is -2.56. The smallest absolute Gasteiger partial charge is 0.326 e. The van der Waals surface area contributed by atoms with Crippen LogP contribution in [0, 0.1) is 0 Å². The molecule has 0 aliphatic carbocycles. The highest BCUT2D eigenvalue weighted by Gasteiger charge is 2.30. The SMILES string of the molecule is N[C@@H](Cc1ccccc1)C(=O)N[C@@H](CC(=O)O)C(=O)NCC(=O)N[C@@H](CC(=O)O)C(=O)N[C@@H](Cc1ccccc1)C(=O)O. The number of carboxylic acid groups (broad SMARTS) is 3. The Morgan fingerprint density at radius 2 is 1.07 bits per heavy atom. The van der Waals surface area contributed by atoms with Gasteiger partial charge in [0.1, 0.15) is 18.1 Å². The summed E-state index contributed by atoms with van der Waals surface area (Å²) in [6.45, 7) is -0.823. The van der Waals surface area contributed by atoms with Gasteiger partial charge in [-0.05, 0) is 17.5 Å². The maximum absolute atomic E-state index is 12.7. The number of hydrogen-bond donors (Lipinski definition) is 8. The minimum absolute atomic E-state index is 0.109. The molecule has 0 saturated heterocycles. The largest absolute Gasteiger partial charge is 0.481 e. The maximum Gasteiger partial charge on any atom is 0.326 e. The molecule has 0 saturated carbocycles. The van der Waals surface area contributed by atoms with Gasteiger partial charge in [-0.2, -0.15) is 0 Å². The zero-order valence-electron chi connectivity index (χ0n) is 22.9. The number of hydrogen-bond acceptors (Lipinski definition) is 8. The van der Waals surface area contributed by atoms with Crippen LogP contribution in [0.4, 0.5) is 0 Å². The van der Waals surface area contributed by atoms with E-state index in [2.05, 4.69) is 21.3 Å². The lowest BCUT2D eigenvalue weighted by atomic mass is 10.1. The van der Waals surface area contributed by atoms with Gasteiger partial charge in [0, 0.05) is 6.42 Å². The van der Waals surface area contributed by atoms with Gasteiger partial charge in [-0.3, -0.25) is 28.8 Å². The Labute approximate surface area is 245 Å². The predicted molar refractivity (Wildman–Crippen MR) is 149 cm³/mol. The standard InChI is InChI=1S/C28H33N5O10/c29-18(11-16-7-3-1-4-8-16)25(39)32-19(13-23(35)36)26(40)30-15-22(34)31-20(14-24(37)38)27(41)33-21(28(42)43)12-17-9-5-2-6-10-17/h1-10,18-21H,11-15,29H2,(H,30,40)(H,31,34)(H,32,39)(H,33,41)(H,35,36)(H,37,38)(H,42,43)/t18-,19-,20-,21-/m0/s1. The number of nitrogens with two attached hydrogens (primary N) is 1. The molecule has 0 unspecified atom stereocenters. The van der Waals surface area contributed by atoms with Gasteiger partial charge in [0.25, 0.3) is 0 Å². The highest BCUT2D eigenvalue weighted by atomic mass is 16.4. The molecule has 0 bridgehead atoms. The van der Waals surface area contributed by atoms with Crippen molar-refractivity contribution in [1.82, 2.24) is 21.3 Å². The molecule has 0 fully saturated rings. The van der Waals surface area contributed by atoms with Crippen molar-refractivity contribution in [3.8, 4) is 0 Å². The van der Waals surface area contributed by atoms with E-state index in [1.807, 2.05) is 0 Å². The first-order valence-electron chi connectivity index (χ1n) is 13.0. The van der Waals surface area contributed by atoms with E-state index >= 15 is 0 Å². The lowest BCUT2D eigenvalue weighted by molar-refractivity contribution is -0.143. The number of benzene rings is 2. The molecular weight excluding hydrogens is 566 g/mol. The van der Waals surface area contributed by atoms with Crippen LogP contribution in [-0.4, -0.2) is 87.6 Å². The molecule has 15 nitrogen and oxygen atoms in total. The topological polar surface area (TPSA) is 254 Å². The average molecular weight is 600 g/mol. The number of carbonyl (C=O) groups excluding carboxylic acids is 4. The summed E-state index contributed by atoms with van der Waals surface area (Å²) < 4.78 is 0. The molecule has 2 aromatic rings. The molecule has 2 aromatic carbocycles. The van der Waals surface area contributed by atoms with E-state index in [0.717, 1.165) is 5.56 Å². The van der Waals surface area contributed by atoms with Gasteiger partial charge in [0.2, 0.25) is 23.6 Å². The van der Waals surface area contributed by atoms with Gasteiger partial charge in [0.15, 0.2) is 0 Å². The molecular formula is C28H33N5O10. The van der Waals surface area contributed by atoms with E-state index in [-0.39, 0.29) is 12.8 Å². The molecule has 15 heteroatoms. The Morgan fingerprint density at radius 1 is 0.605 bits per heavy atom. The predicted octanol–water partition coefficient (Wildman–Crippen LogP) is -1.60. The molecule has 4 amide bonds. The molecule has 4 atom stereocenters. The molecule has 230 valence electrons. The summed E-state index contributed by atoms with van der Waals surface area (Å²) in [4.78, 5) is 84.7. The van der Waals surface area contributed by atoms with Crippen molar-refractivity contribution in [2.24, 2.45) is 5.73 Å². The summed E-state index contributed by atoms with van der Waals surface area (Å²) in [5.41, 5.74) is 7.21. The second-order valence-electron chi connectivity index (χ2n) is 9.48. The fourth-order valence-electron chi connectivity index (χ4n) is 3.87. The average Bonchev–Trinajstić information content (AvgIpc) is 2.95. The van der Waals surface area contributed by atoms with Gasteiger partial charge >= 0.3 is 17.9 Å². The third-order valence-electron chi connectivity index (χ3n) is 6.00. The summed E-state index contributed by atoms with van der Waals surface area (Å²) in [7, 11) is 0. The van der Waals surface area contributed by atoms with E-state index in [9.17, 15) is 48.9 Å². The van der Waals surface area contributed by atoms with Crippen LogP contribution in [0.1, 0.15) is 24.0 Å². The molecule has 0 aromatic heterocycles. The van der Waals surface area contributed by atoms with Gasteiger partial charge in [-0.1, -0.05) is 60.7 Å². The number of nitrogens with one attached hydrogen (secondary N) is 4. The molecule has 0 aliphatic heterocycles. The fraction of sp³-hybridized carbons (Fsp3) is 0.321. The number of amides is 4. The van der Waals surface area contributed by atoms with E-state index in [1.165, 1.54) is 0 Å². The first-order chi connectivity index (χ1) is 20.3. The zero-order valence-corrected chi connectivity index (χ0v) is 22.9. The van der Waals surface area contributed by atoms with E-state index in [0.29, 0.717) is 5.56 Å². The van der Waals surface area contributed by atoms with Crippen LogP contribution in [0.2, 0.25) is 0 Å². The molecule has 2 rings (SSSR count). The van der Waals surface area contributed by atoms with Crippen LogP contribution in [0.25, 0.3) is 0 Å². The molecule has 0 radical (unpaired) electrons. The Hall–Kier alpha value is -5.31. The van der Waals surface area contributed by atoms with Gasteiger partial charge in [-0.25, -0.2) is 4.79 Å². The van der Waals surface area contributed by atoms with Gasteiger partial charge in [0.05, 0.1) is 25.4 Å². The molecule has 0 aliphatic rings. The monoisotopic (exact) mass is 599 g/mol. The highest BCUT2D eigenvalue weighted by Crippen LogP contribution is 2.06.